The first kappa shape index (κ1) is 18.4. The van der Waals surface area contributed by atoms with E-state index in [1.165, 1.54) is 11.1 Å². The molecule has 0 radical (unpaired) electrons. The number of carbonyl (C=O) groups excluding carboxylic acids is 1. The van der Waals surface area contributed by atoms with Gasteiger partial charge < -0.3 is 5.32 Å². The van der Waals surface area contributed by atoms with E-state index < -0.39 is 0 Å². The number of hydrogen-bond donors (Lipinski definition) is 1. The highest BCUT2D eigenvalue weighted by Crippen LogP contribution is 2.17. The van der Waals surface area contributed by atoms with Crippen molar-refractivity contribution < 1.29 is 4.79 Å². The molecule has 1 aliphatic heterocycles. The Morgan fingerprint density at radius 1 is 1.04 bits per heavy atom. The second-order valence-electron chi connectivity index (χ2n) is 6.57. The van der Waals surface area contributed by atoms with Gasteiger partial charge in [0.25, 0.3) is 0 Å². The molecule has 0 atom stereocenters. The van der Waals surface area contributed by atoms with Crippen LogP contribution >= 0.6 is 22.6 Å². The Morgan fingerprint density at radius 2 is 1.76 bits per heavy atom. The molecular weight excluding hydrogens is 425 g/mol. The molecule has 1 aliphatic rings. The summed E-state index contributed by atoms with van der Waals surface area (Å²) in [5.74, 6) is 0.0660. The van der Waals surface area contributed by atoms with Gasteiger partial charge >= 0.3 is 0 Å². The highest BCUT2D eigenvalue weighted by molar-refractivity contribution is 14.1. The average Bonchev–Trinajstić information content (AvgIpc) is 2.59. The second kappa shape index (κ2) is 8.78. The summed E-state index contributed by atoms with van der Waals surface area (Å²) in [5, 5.41) is 3.01. The van der Waals surface area contributed by atoms with Gasteiger partial charge in [-0.1, -0.05) is 42.0 Å². The number of piperazine rings is 1. The van der Waals surface area contributed by atoms with E-state index in [2.05, 4.69) is 68.9 Å². The molecular formula is C20H24IN3O. The van der Waals surface area contributed by atoms with Crippen molar-refractivity contribution in [3.63, 3.8) is 0 Å². The summed E-state index contributed by atoms with van der Waals surface area (Å²) < 4.78 is 1.07. The lowest BCUT2D eigenvalue weighted by atomic mass is 10.1. The van der Waals surface area contributed by atoms with Crippen molar-refractivity contribution >= 4 is 34.2 Å². The number of nitrogens with one attached hydrogen (secondary N) is 1. The van der Waals surface area contributed by atoms with Crippen molar-refractivity contribution in [2.24, 2.45) is 0 Å². The van der Waals surface area contributed by atoms with Gasteiger partial charge in [0.15, 0.2) is 0 Å². The highest BCUT2D eigenvalue weighted by atomic mass is 127. The van der Waals surface area contributed by atoms with Crippen molar-refractivity contribution in [1.29, 1.82) is 0 Å². The predicted octanol–water partition coefficient (Wildman–Crippen LogP) is 3.36. The number of benzene rings is 2. The Bertz CT molecular complexity index is 726. The van der Waals surface area contributed by atoms with Gasteiger partial charge in [-0.15, -0.1) is 0 Å². The number of halogens is 1. The zero-order valence-corrected chi connectivity index (χ0v) is 16.7. The molecule has 0 spiro atoms. The number of rotatable bonds is 5. The normalized spacial score (nSPS) is 15.9. The minimum Gasteiger partial charge on any atom is -0.324 e. The Labute approximate surface area is 163 Å². The van der Waals surface area contributed by atoms with Crippen LogP contribution in [-0.2, 0) is 11.3 Å². The second-order valence-corrected chi connectivity index (χ2v) is 7.73. The predicted molar refractivity (Wildman–Crippen MR) is 111 cm³/mol. The van der Waals surface area contributed by atoms with Crippen LogP contribution < -0.4 is 5.32 Å². The summed E-state index contributed by atoms with van der Waals surface area (Å²) in [5.41, 5.74) is 3.57. The molecule has 0 saturated carbocycles. The molecule has 1 N–H and O–H groups in total. The molecule has 0 bridgehead atoms. The summed E-state index contributed by atoms with van der Waals surface area (Å²) in [6.07, 6.45) is 0. The Morgan fingerprint density at radius 3 is 2.48 bits per heavy atom. The van der Waals surface area contributed by atoms with E-state index in [1.807, 2.05) is 24.3 Å². The van der Waals surface area contributed by atoms with Crippen LogP contribution in [0.5, 0.6) is 0 Å². The van der Waals surface area contributed by atoms with E-state index in [-0.39, 0.29) is 5.91 Å². The molecule has 1 fully saturated rings. The number of aryl methyl sites for hydroxylation is 1. The van der Waals surface area contributed by atoms with Crippen molar-refractivity contribution in [2.45, 2.75) is 13.5 Å². The molecule has 4 nitrogen and oxygen atoms in total. The molecule has 0 aliphatic carbocycles. The standard InChI is InChI=1S/C20H24IN3O/c1-16-5-4-6-17(13-16)14-23-9-11-24(12-10-23)15-20(25)22-19-8-3-2-7-18(19)21/h2-8,13H,9-12,14-15H2,1H3,(H,22,25). The Hall–Kier alpha value is -1.44. The third kappa shape index (κ3) is 5.52. The van der Waals surface area contributed by atoms with Gasteiger partial charge in [-0.25, -0.2) is 0 Å². The van der Waals surface area contributed by atoms with E-state index in [0.717, 1.165) is 42.0 Å². The molecule has 25 heavy (non-hydrogen) atoms. The van der Waals surface area contributed by atoms with Gasteiger partial charge in [0.05, 0.1) is 12.2 Å². The molecule has 0 aromatic heterocycles. The van der Waals surface area contributed by atoms with Gasteiger partial charge in [0.2, 0.25) is 5.91 Å². The van der Waals surface area contributed by atoms with E-state index in [0.29, 0.717) is 6.54 Å². The topological polar surface area (TPSA) is 35.6 Å². The first-order chi connectivity index (χ1) is 12.1. The van der Waals surface area contributed by atoms with E-state index in [1.54, 1.807) is 0 Å². The van der Waals surface area contributed by atoms with Crippen LogP contribution in [0.1, 0.15) is 11.1 Å². The highest BCUT2D eigenvalue weighted by Gasteiger charge is 2.19. The molecule has 1 heterocycles. The SMILES string of the molecule is Cc1cccc(CN2CCN(CC(=O)Nc3ccccc3I)CC2)c1. The number of hydrogen-bond acceptors (Lipinski definition) is 3. The molecule has 2 aromatic rings. The Balaban J connectivity index is 1.44. The van der Waals surface area contributed by atoms with E-state index >= 15 is 0 Å². The van der Waals surface area contributed by atoms with Gasteiger partial charge in [0, 0.05) is 36.3 Å². The Kier molecular flexibility index (Phi) is 6.45. The van der Waals surface area contributed by atoms with Crippen molar-refractivity contribution in [1.82, 2.24) is 9.80 Å². The van der Waals surface area contributed by atoms with E-state index in [4.69, 9.17) is 0 Å². The van der Waals surface area contributed by atoms with Gasteiger partial charge in [-0.2, -0.15) is 0 Å². The van der Waals surface area contributed by atoms with Crippen molar-refractivity contribution in [3.05, 3.63) is 63.2 Å². The maximum atomic E-state index is 12.3. The third-order valence-electron chi connectivity index (χ3n) is 4.47. The first-order valence-electron chi connectivity index (χ1n) is 8.65. The number of carbonyl (C=O) groups is 1. The minimum atomic E-state index is 0.0660. The maximum absolute atomic E-state index is 12.3. The first-order valence-corrected chi connectivity index (χ1v) is 9.73. The molecule has 3 rings (SSSR count). The zero-order valence-electron chi connectivity index (χ0n) is 14.5. The molecule has 5 heteroatoms. The average molecular weight is 449 g/mol. The van der Waals surface area contributed by atoms with Crippen LogP contribution in [-0.4, -0.2) is 48.4 Å². The third-order valence-corrected chi connectivity index (χ3v) is 5.41. The van der Waals surface area contributed by atoms with Crippen LogP contribution in [0, 0.1) is 10.5 Å². The molecule has 132 valence electrons. The van der Waals surface area contributed by atoms with Crippen LogP contribution in [0.4, 0.5) is 5.69 Å². The van der Waals surface area contributed by atoms with E-state index in [9.17, 15) is 4.79 Å². The summed E-state index contributed by atoms with van der Waals surface area (Å²) in [6.45, 7) is 7.46. The van der Waals surface area contributed by atoms with Crippen LogP contribution in [0.2, 0.25) is 0 Å². The maximum Gasteiger partial charge on any atom is 0.238 e. The van der Waals surface area contributed by atoms with Gasteiger partial charge in [-0.3, -0.25) is 14.6 Å². The smallest absolute Gasteiger partial charge is 0.238 e. The fourth-order valence-corrected chi connectivity index (χ4v) is 3.65. The lowest BCUT2D eigenvalue weighted by Gasteiger charge is -2.34. The van der Waals surface area contributed by atoms with Gasteiger partial charge in [0.1, 0.15) is 0 Å². The van der Waals surface area contributed by atoms with Crippen LogP contribution in [0.3, 0.4) is 0 Å². The molecule has 1 saturated heterocycles. The molecule has 0 unspecified atom stereocenters. The van der Waals surface area contributed by atoms with Crippen molar-refractivity contribution in [3.8, 4) is 0 Å². The summed E-state index contributed by atoms with van der Waals surface area (Å²) in [6, 6.07) is 16.6. The number of para-hydroxylation sites is 1. The number of nitrogens with zero attached hydrogens (tertiary/aromatic N) is 2. The molecule has 2 aromatic carbocycles. The van der Waals surface area contributed by atoms with Gasteiger partial charge in [-0.05, 0) is 47.2 Å². The largest absolute Gasteiger partial charge is 0.324 e. The van der Waals surface area contributed by atoms with Crippen LogP contribution in [0.25, 0.3) is 0 Å². The monoisotopic (exact) mass is 449 g/mol. The minimum absolute atomic E-state index is 0.0660. The van der Waals surface area contributed by atoms with Crippen LogP contribution in [0.15, 0.2) is 48.5 Å². The summed E-state index contributed by atoms with van der Waals surface area (Å²) >= 11 is 2.24. The fraction of sp³-hybridized carbons (Fsp3) is 0.350. The molecule has 1 amide bonds. The number of amides is 1. The fourth-order valence-electron chi connectivity index (χ4n) is 3.13. The van der Waals surface area contributed by atoms with Crippen molar-refractivity contribution in [2.75, 3.05) is 38.0 Å². The zero-order chi connectivity index (χ0) is 17.6. The lowest BCUT2D eigenvalue weighted by Crippen LogP contribution is -2.48. The summed E-state index contributed by atoms with van der Waals surface area (Å²) in [7, 11) is 0. The lowest BCUT2D eigenvalue weighted by molar-refractivity contribution is -0.117. The summed E-state index contributed by atoms with van der Waals surface area (Å²) in [4.78, 5) is 17.0. The quantitative estimate of drug-likeness (QED) is 0.712. The number of anilines is 1.